The van der Waals surface area contributed by atoms with E-state index < -0.39 is 34.1 Å². The highest BCUT2D eigenvalue weighted by Gasteiger charge is 2.33. The van der Waals surface area contributed by atoms with Crippen LogP contribution in [0.1, 0.15) is 38.8 Å². The molecule has 0 heterocycles. The van der Waals surface area contributed by atoms with Crippen molar-refractivity contribution in [1.82, 2.24) is 10.2 Å². The predicted molar refractivity (Wildman–Crippen MR) is 163 cm³/mol. The Hall–Kier alpha value is -3.01. The molecule has 0 aliphatic heterocycles. The minimum atomic E-state index is -4.12. The van der Waals surface area contributed by atoms with Crippen LogP contribution in [0, 0.1) is 6.92 Å². The second-order valence-electron chi connectivity index (χ2n) is 10.6. The van der Waals surface area contributed by atoms with Gasteiger partial charge in [-0.05, 0) is 95.0 Å². The van der Waals surface area contributed by atoms with Crippen LogP contribution in [0.3, 0.4) is 0 Å². The zero-order chi connectivity index (χ0) is 29.7. The molecule has 0 bridgehead atoms. The Morgan fingerprint density at radius 2 is 1.52 bits per heavy atom. The fourth-order valence-corrected chi connectivity index (χ4v) is 5.91. The monoisotopic (exact) mass is 601 g/mol. The molecule has 3 aromatic rings. The topological polar surface area (TPSA) is 86.8 Å². The third-order valence-electron chi connectivity index (χ3n) is 6.18. The lowest BCUT2D eigenvalue weighted by molar-refractivity contribution is -0.140. The van der Waals surface area contributed by atoms with E-state index in [1.165, 1.54) is 28.8 Å². The zero-order valence-corrected chi connectivity index (χ0v) is 26.0. The number of carbonyl (C=O) groups is 2. The largest absolute Gasteiger partial charge is 0.350 e. The molecule has 10 heteroatoms. The van der Waals surface area contributed by atoms with Gasteiger partial charge in [-0.3, -0.25) is 13.9 Å². The number of nitrogens with zero attached hydrogens (tertiary/aromatic N) is 2. The van der Waals surface area contributed by atoms with Crippen LogP contribution in [-0.4, -0.2) is 49.5 Å². The summed E-state index contributed by atoms with van der Waals surface area (Å²) < 4.78 is 28.9. The lowest BCUT2D eigenvalue weighted by Gasteiger charge is -2.33. The summed E-state index contributed by atoms with van der Waals surface area (Å²) in [5.41, 5.74) is 1.55. The first-order valence-electron chi connectivity index (χ1n) is 12.8. The predicted octanol–water partition coefficient (Wildman–Crippen LogP) is 5.90. The van der Waals surface area contributed by atoms with E-state index in [9.17, 15) is 18.0 Å². The summed E-state index contributed by atoms with van der Waals surface area (Å²) in [6, 6.07) is 19.6. The summed E-state index contributed by atoms with van der Waals surface area (Å²) in [4.78, 5) is 29.5. The van der Waals surface area contributed by atoms with Gasteiger partial charge in [-0.1, -0.05) is 41.4 Å². The summed E-state index contributed by atoms with van der Waals surface area (Å²) in [5.74, 6) is -0.858. The molecule has 1 atom stereocenters. The van der Waals surface area contributed by atoms with Gasteiger partial charge in [0, 0.05) is 22.0 Å². The SMILES string of the molecule is CSc1ccc(S(=O)(=O)N(CC(=O)N(Cc2ccc(Cl)cc2)C(C)C(=O)NC(C)(C)C)c2ccc(C)cc2)cc1. The fourth-order valence-electron chi connectivity index (χ4n) is 3.96. The van der Waals surface area contributed by atoms with Crippen LogP contribution in [0.2, 0.25) is 5.02 Å². The average molecular weight is 602 g/mol. The molecule has 0 saturated carbocycles. The number of anilines is 1. The summed E-state index contributed by atoms with van der Waals surface area (Å²) in [7, 11) is -4.12. The van der Waals surface area contributed by atoms with E-state index in [1.807, 2.05) is 34.0 Å². The van der Waals surface area contributed by atoms with Crippen molar-refractivity contribution < 1.29 is 18.0 Å². The number of rotatable bonds is 10. The highest BCUT2D eigenvalue weighted by molar-refractivity contribution is 7.98. The van der Waals surface area contributed by atoms with Crippen molar-refractivity contribution in [2.24, 2.45) is 0 Å². The third kappa shape index (κ3) is 8.25. The van der Waals surface area contributed by atoms with Crippen LogP contribution in [0.5, 0.6) is 0 Å². The molecule has 0 saturated heterocycles. The Labute approximate surface area is 247 Å². The van der Waals surface area contributed by atoms with Crippen molar-refractivity contribution in [3.8, 4) is 0 Å². The van der Waals surface area contributed by atoms with Gasteiger partial charge in [-0.25, -0.2) is 8.42 Å². The first-order valence-corrected chi connectivity index (χ1v) is 15.8. The van der Waals surface area contributed by atoms with E-state index >= 15 is 0 Å². The summed E-state index contributed by atoms with van der Waals surface area (Å²) >= 11 is 7.56. The van der Waals surface area contributed by atoms with Crippen molar-refractivity contribution in [2.45, 2.75) is 62.5 Å². The van der Waals surface area contributed by atoms with Gasteiger partial charge in [0.2, 0.25) is 11.8 Å². The first kappa shape index (κ1) is 31.5. The van der Waals surface area contributed by atoms with Crippen LogP contribution in [0.25, 0.3) is 0 Å². The smallest absolute Gasteiger partial charge is 0.264 e. The minimum absolute atomic E-state index is 0.0708. The second kappa shape index (κ2) is 13.1. The van der Waals surface area contributed by atoms with E-state index in [0.717, 1.165) is 20.3 Å². The number of hydrogen-bond donors (Lipinski definition) is 1. The number of amides is 2. The number of halogens is 1. The molecule has 7 nitrogen and oxygen atoms in total. The zero-order valence-electron chi connectivity index (χ0n) is 23.6. The maximum Gasteiger partial charge on any atom is 0.264 e. The molecule has 0 spiro atoms. The average Bonchev–Trinajstić information content (AvgIpc) is 2.90. The lowest BCUT2D eigenvalue weighted by Crippen LogP contribution is -2.54. The molecule has 2 amide bonds. The molecule has 0 radical (unpaired) electrons. The number of sulfonamides is 1. The van der Waals surface area contributed by atoms with Gasteiger partial charge in [-0.2, -0.15) is 0 Å². The van der Waals surface area contributed by atoms with Crippen molar-refractivity contribution in [3.63, 3.8) is 0 Å². The molecule has 0 aromatic heterocycles. The Kier molecular flexibility index (Phi) is 10.3. The van der Waals surface area contributed by atoms with Crippen LogP contribution in [-0.2, 0) is 26.2 Å². The Morgan fingerprint density at radius 3 is 2.05 bits per heavy atom. The Bertz CT molecular complexity index is 1420. The minimum Gasteiger partial charge on any atom is -0.350 e. The molecular formula is C30H36ClN3O4S2. The Morgan fingerprint density at radius 1 is 0.950 bits per heavy atom. The van der Waals surface area contributed by atoms with Gasteiger partial charge in [0.1, 0.15) is 12.6 Å². The number of benzene rings is 3. The maximum absolute atomic E-state index is 14.0. The molecule has 40 heavy (non-hydrogen) atoms. The number of hydrogen-bond acceptors (Lipinski definition) is 5. The van der Waals surface area contributed by atoms with Crippen molar-refractivity contribution >= 4 is 50.9 Å². The van der Waals surface area contributed by atoms with Crippen LogP contribution < -0.4 is 9.62 Å². The summed E-state index contributed by atoms with van der Waals surface area (Å²) in [5, 5.41) is 3.47. The van der Waals surface area contributed by atoms with Crippen LogP contribution in [0.15, 0.2) is 82.6 Å². The number of thioether (sulfide) groups is 1. The van der Waals surface area contributed by atoms with Gasteiger partial charge in [-0.15, -0.1) is 11.8 Å². The molecule has 214 valence electrons. The molecule has 0 aliphatic carbocycles. The van der Waals surface area contributed by atoms with E-state index in [-0.39, 0.29) is 17.3 Å². The van der Waals surface area contributed by atoms with E-state index in [0.29, 0.717) is 10.7 Å². The first-order chi connectivity index (χ1) is 18.7. The number of carbonyl (C=O) groups excluding carboxylic acids is 2. The van der Waals surface area contributed by atoms with Crippen molar-refractivity contribution in [3.05, 3.63) is 88.9 Å². The van der Waals surface area contributed by atoms with Gasteiger partial charge in [0.05, 0.1) is 10.6 Å². The summed E-state index contributed by atoms with van der Waals surface area (Å²) in [6.07, 6.45) is 1.91. The molecule has 1 unspecified atom stereocenters. The van der Waals surface area contributed by atoms with Gasteiger partial charge >= 0.3 is 0 Å². The highest BCUT2D eigenvalue weighted by Crippen LogP contribution is 2.26. The number of aryl methyl sites for hydroxylation is 1. The van der Waals surface area contributed by atoms with Crippen molar-refractivity contribution in [1.29, 1.82) is 0 Å². The second-order valence-corrected chi connectivity index (χ2v) is 13.8. The van der Waals surface area contributed by atoms with Crippen LogP contribution in [0.4, 0.5) is 5.69 Å². The quantitative estimate of drug-likeness (QED) is 0.293. The van der Waals surface area contributed by atoms with E-state index in [1.54, 1.807) is 67.6 Å². The van der Waals surface area contributed by atoms with E-state index in [4.69, 9.17) is 11.6 Å². The lowest BCUT2D eigenvalue weighted by atomic mass is 10.1. The van der Waals surface area contributed by atoms with Crippen molar-refractivity contribution in [2.75, 3.05) is 17.1 Å². The molecule has 0 aliphatic rings. The number of nitrogens with one attached hydrogen (secondary N) is 1. The molecule has 0 fully saturated rings. The molecule has 3 aromatic carbocycles. The normalized spacial score (nSPS) is 12.5. The Balaban J connectivity index is 2.03. The summed E-state index contributed by atoms with van der Waals surface area (Å²) in [6.45, 7) is 8.72. The maximum atomic E-state index is 14.0. The molecule has 1 N–H and O–H groups in total. The van der Waals surface area contributed by atoms with Gasteiger partial charge < -0.3 is 10.2 Å². The van der Waals surface area contributed by atoms with Crippen LogP contribution >= 0.6 is 23.4 Å². The van der Waals surface area contributed by atoms with Gasteiger partial charge in [0.15, 0.2) is 0 Å². The highest BCUT2D eigenvalue weighted by atomic mass is 35.5. The van der Waals surface area contributed by atoms with E-state index in [2.05, 4.69) is 5.32 Å². The fraction of sp³-hybridized carbons (Fsp3) is 0.333. The third-order valence-corrected chi connectivity index (χ3v) is 8.96. The molecular weight excluding hydrogens is 566 g/mol. The van der Waals surface area contributed by atoms with Gasteiger partial charge in [0.25, 0.3) is 10.0 Å². The molecule has 3 rings (SSSR count). The standard InChI is InChI=1S/C30H36ClN3O4S2/c1-21-7-13-25(14-8-21)34(40(37,38)27-17-15-26(39-6)16-18-27)20-28(35)33(19-23-9-11-24(31)12-10-23)22(2)29(36)32-30(3,4)5/h7-18,22H,19-20H2,1-6H3,(H,32,36).